The number of hydrogen-bond donors (Lipinski definition) is 2. The number of nitrogens with one attached hydrogen (secondary N) is 1. The first kappa shape index (κ1) is 26.2. The van der Waals surface area contributed by atoms with E-state index in [-0.39, 0.29) is 24.0 Å². The highest BCUT2D eigenvalue weighted by molar-refractivity contribution is 14.0. The number of para-hydroxylation sites is 1. The molecule has 2 rings (SSSR count). The number of halogens is 1. The molecular formula is C22H33IN4O3. The van der Waals surface area contributed by atoms with Gasteiger partial charge in [0.05, 0.1) is 19.8 Å². The molecule has 2 aromatic carbocycles. The molecule has 166 valence electrons. The monoisotopic (exact) mass is 528 g/mol. The van der Waals surface area contributed by atoms with E-state index in [2.05, 4.69) is 15.2 Å². The summed E-state index contributed by atoms with van der Waals surface area (Å²) < 4.78 is 16.1. The second kappa shape index (κ2) is 15.0. The molecule has 0 radical (unpaired) electrons. The fourth-order valence-electron chi connectivity index (χ4n) is 2.69. The minimum Gasteiger partial charge on any atom is -0.492 e. The predicted octanol–water partition coefficient (Wildman–Crippen LogP) is 3.33. The molecule has 0 aliphatic carbocycles. The number of rotatable bonds is 12. The number of nitrogens with zero attached hydrogens (tertiary/aromatic N) is 2. The summed E-state index contributed by atoms with van der Waals surface area (Å²) in [6, 6.07) is 15.8. The maximum absolute atomic E-state index is 6.06. The SMILES string of the molecule is COCCN(C)CCOc1cccc(CN=C(N)Nc2ccccc2COC)c1.I. The Balaban J connectivity index is 0.00000450. The Hall–Kier alpha value is -1.88. The molecule has 0 saturated carbocycles. The van der Waals surface area contributed by atoms with Gasteiger partial charge in [0.2, 0.25) is 0 Å². The number of methoxy groups -OCH3 is 2. The molecule has 0 atom stereocenters. The number of ether oxygens (including phenoxy) is 3. The second-order valence-corrected chi connectivity index (χ2v) is 6.71. The minimum atomic E-state index is 0. The van der Waals surface area contributed by atoms with Crippen molar-refractivity contribution >= 4 is 35.6 Å². The van der Waals surface area contributed by atoms with Crippen LogP contribution in [0.15, 0.2) is 53.5 Å². The number of guanidine groups is 1. The van der Waals surface area contributed by atoms with E-state index < -0.39 is 0 Å². The van der Waals surface area contributed by atoms with Crippen LogP contribution in [0.5, 0.6) is 5.75 Å². The van der Waals surface area contributed by atoms with Gasteiger partial charge in [-0.3, -0.25) is 0 Å². The first-order valence-electron chi connectivity index (χ1n) is 9.65. The molecule has 0 bridgehead atoms. The third-order valence-corrected chi connectivity index (χ3v) is 4.33. The number of likely N-dealkylation sites (N-methyl/N-ethyl adjacent to an activating group) is 1. The molecule has 0 aliphatic heterocycles. The summed E-state index contributed by atoms with van der Waals surface area (Å²) in [5, 5.41) is 3.14. The molecule has 0 spiro atoms. The highest BCUT2D eigenvalue weighted by Crippen LogP contribution is 2.16. The lowest BCUT2D eigenvalue weighted by Gasteiger charge is -2.16. The van der Waals surface area contributed by atoms with E-state index in [0.29, 0.717) is 25.7 Å². The van der Waals surface area contributed by atoms with Crippen LogP contribution in [0.2, 0.25) is 0 Å². The van der Waals surface area contributed by atoms with Gasteiger partial charge in [-0.15, -0.1) is 24.0 Å². The van der Waals surface area contributed by atoms with E-state index in [1.165, 1.54) is 0 Å². The van der Waals surface area contributed by atoms with Gasteiger partial charge in [-0.1, -0.05) is 30.3 Å². The summed E-state index contributed by atoms with van der Waals surface area (Å²) in [5.41, 5.74) is 9.01. The molecule has 0 aromatic heterocycles. The summed E-state index contributed by atoms with van der Waals surface area (Å²) in [4.78, 5) is 6.61. The quantitative estimate of drug-likeness (QED) is 0.250. The zero-order valence-corrected chi connectivity index (χ0v) is 20.3. The van der Waals surface area contributed by atoms with Crippen molar-refractivity contribution in [3.8, 4) is 5.75 Å². The van der Waals surface area contributed by atoms with Gasteiger partial charge in [0.15, 0.2) is 5.96 Å². The molecule has 0 heterocycles. The number of hydrogen-bond acceptors (Lipinski definition) is 5. The van der Waals surface area contributed by atoms with E-state index >= 15 is 0 Å². The van der Waals surface area contributed by atoms with Crippen molar-refractivity contribution in [2.75, 3.05) is 52.9 Å². The van der Waals surface area contributed by atoms with Crippen LogP contribution in [0.1, 0.15) is 11.1 Å². The molecule has 2 aromatic rings. The van der Waals surface area contributed by atoms with E-state index in [0.717, 1.165) is 42.3 Å². The van der Waals surface area contributed by atoms with Crippen LogP contribution in [0.4, 0.5) is 5.69 Å². The maximum atomic E-state index is 6.06. The number of benzene rings is 2. The van der Waals surface area contributed by atoms with Gasteiger partial charge < -0.3 is 30.2 Å². The Kier molecular flexibility index (Phi) is 13.1. The first-order valence-corrected chi connectivity index (χ1v) is 9.65. The standard InChI is InChI=1S/C22H32N4O3.HI/c1-26(11-13-27-2)12-14-29-20-9-6-7-18(15-20)16-24-22(23)25-21-10-5-4-8-19(21)17-28-3;/h4-10,15H,11-14,16-17H2,1-3H3,(H3,23,24,25);1H. The lowest BCUT2D eigenvalue weighted by atomic mass is 10.2. The van der Waals surface area contributed by atoms with E-state index in [4.69, 9.17) is 19.9 Å². The largest absolute Gasteiger partial charge is 0.492 e. The number of nitrogens with two attached hydrogens (primary N) is 1. The molecule has 0 aliphatic rings. The maximum Gasteiger partial charge on any atom is 0.193 e. The molecule has 0 saturated heterocycles. The van der Waals surface area contributed by atoms with Crippen molar-refractivity contribution < 1.29 is 14.2 Å². The normalized spacial score (nSPS) is 11.3. The van der Waals surface area contributed by atoms with Crippen molar-refractivity contribution in [3.05, 3.63) is 59.7 Å². The zero-order valence-electron chi connectivity index (χ0n) is 18.0. The van der Waals surface area contributed by atoms with Crippen LogP contribution < -0.4 is 15.8 Å². The lowest BCUT2D eigenvalue weighted by molar-refractivity contribution is 0.150. The van der Waals surface area contributed by atoms with Crippen LogP contribution in [0, 0.1) is 0 Å². The minimum absolute atomic E-state index is 0. The van der Waals surface area contributed by atoms with Crippen LogP contribution in [-0.2, 0) is 22.6 Å². The van der Waals surface area contributed by atoms with Gasteiger partial charge in [0, 0.05) is 38.6 Å². The highest BCUT2D eigenvalue weighted by atomic mass is 127. The molecule has 8 heteroatoms. The predicted molar refractivity (Wildman–Crippen MR) is 133 cm³/mol. The van der Waals surface area contributed by atoms with Crippen molar-refractivity contribution in [2.45, 2.75) is 13.2 Å². The van der Waals surface area contributed by atoms with E-state index in [9.17, 15) is 0 Å². The molecule has 0 fully saturated rings. The highest BCUT2D eigenvalue weighted by Gasteiger charge is 2.03. The van der Waals surface area contributed by atoms with Gasteiger partial charge >= 0.3 is 0 Å². The van der Waals surface area contributed by atoms with Gasteiger partial charge in [0.25, 0.3) is 0 Å². The Morgan fingerprint density at radius 1 is 1.03 bits per heavy atom. The number of anilines is 1. The smallest absolute Gasteiger partial charge is 0.193 e. The molecular weight excluding hydrogens is 495 g/mol. The van der Waals surface area contributed by atoms with Gasteiger partial charge in [-0.2, -0.15) is 0 Å². The second-order valence-electron chi connectivity index (χ2n) is 6.71. The summed E-state index contributed by atoms with van der Waals surface area (Å²) in [7, 11) is 5.42. The van der Waals surface area contributed by atoms with Gasteiger partial charge in [0.1, 0.15) is 12.4 Å². The average molecular weight is 528 g/mol. The topological polar surface area (TPSA) is 81.3 Å². The Bertz CT molecular complexity index is 774. The Labute approximate surface area is 196 Å². The van der Waals surface area contributed by atoms with Gasteiger partial charge in [-0.05, 0) is 30.8 Å². The van der Waals surface area contributed by atoms with E-state index in [1.54, 1.807) is 14.2 Å². The first-order chi connectivity index (χ1) is 14.1. The molecule has 7 nitrogen and oxygen atoms in total. The molecule has 0 amide bonds. The molecule has 30 heavy (non-hydrogen) atoms. The van der Waals surface area contributed by atoms with E-state index in [1.807, 2.05) is 55.6 Å². The van der Waals surface area contributed by atoms with Crippen molar-refractivity contribution in [3.63, 3.8) is 0 Å². The zero-order chi connectivity index (χ0) is 20.9. The Morgan fingerprint density at radius 2 is 1.80 bits per heavy atom. The van der Waals surface area contributed by atoms with Crippen LogP contribution in [-0.4, -0.2) is 58.4 Å². The molecule has 0 unspecified atom stereocenters. The third-order valence-electron chi connectivity index (χ3n) is 4.33. The fourth-order valence-corrected chi connectivity index (χ4v) is 2.69. The summed E-state index contributed by atoms with van der Waals surface area (Å²) in [6.07, 6.45) is 0. The Morgan fingerprint density at radius 3 is 2.57 bits per heavy atom. The molecule has 3 N–H and O–H groups in total. The lowest BCUT2D eigenvalue weighted by Crippen LogP contribution is -2.27. The van der Waals surface area contributed by atoms with Crippen molar-refractivity contribution in [1.82, 2.24) is 4.90 Å². The van der Waals surface area contributed by atoms with Crippen LogP contribution in [0.25, 0.3) is 0 Å². The third kappa shape index (κ3) is 9.75. The summed E-state index contributed by atoms with van der Waals surface area (Å²) >= 11 is 0. The summed E-state index contributed by atoms with van der Waals surface area (Å²) in [6.45, 7) is 4.03. The fraction of sp³-hybridized carbons (Fsp3) is 0.409. The van der Waals surface area contributed by atoms with Crippen molar-refractivity contribution in [1.29, 1.82) is 0 Å². The van der Waals surface area contributed by atoms with Crippen LogP contribution in [0.3, 0.4) is 0 Å². The summed E-state index contributed by atoms with van der Waals surface area (Å²) in [5.74, 6) is 1.19. The number of aliphatic imine (C=N–C) groups is 1. The van der Waals surface area contributed by atoms with Gasteiger partial charge in [-0.25, -0.2) is 4.99 Å². The average Bonchev–Trinajstić information content (AvgIpc) is 2.73. The van der Waals surface area contributed by atoms with Crippen LogP contribution >= 0.6 is 24.0 Å². The van der Waals surface area contributed by atoms with Crippen molar-refractivity contribution in [2.24, 2.45) is 10.7 Å².